The van der Waals surface area contributed by atoms with Gasteiger partial charge in [0.1, 0.15) is 11.5 Å². The van der Waals surface area contributed by atoms with Crippen molar-refractivity contribution < 1.29 is 17.9 Å². The molecule has 1 aromatic rings. The Bertz CT molecular complexity index is 470. The Hall–Kier alpha value is -1.08. The van der Waals surface area contributed by atoms with Gasteiger partial charge >= 0.3 is 5.97 Å². The molecular weight excluding hydrogens is 250 g/mol. The maximum atomic E-state index is 11.4. The minimum absolute atomic E-state index is 0.130. The highest BCUT2D eigenvalue weighted by atomic mass is 32.2. The number of esters is 1. The summed E-state index contributed by atoms with van der Waals surface area (Å²) in [6.45, 7) is 1.67. The first-order valence-corrected chi connectivity index (χ1v) is 7.38. The van der Waals surface area contributed by atoms with Crippen LogP contribution in [0.15, 0.2) is 6.07 Å². The predicted molar refractivity (Wildman–Crippen MR) is 63.5 cm³/mol. The minimum Gasteiger partial charge on any atom is -0.460 e. The number of carbonyl (C=O) groups excluding carboxylic acids is 1. The molecule has 1 rings (SSSR count). The highest BCUT2D eigenvalue weighted by Crippen LogP contribution is 2.23. The van der Waals surface area contributed by atoms with E-state index < -0.39 is 15.8 Å². The van der Waals surface area contributed by atoms with Crippen molar-refractivity contribution in [2.24, 2.45) is 0 Å². The monoisotopic (exact) mass is 263 g/mol. The average Bonchev–Trinajstić information content (AvgIpc) is 2.45. The van der Waals surface area contributed by atoms with Gasteiger partial charge in [-0.05, 0) is 13.0 Å². The minimum atomic E-state index is -3.10. The lowest BCUT2D eigenvalue weighted by atomic mass is 10.4. The van der Waals surface area contributed by atoms with Gasteiger partial charge in [0.2, 0.25) is 0 Å². The van der Waals surface area contributed by atoms with E-state index in [0.29, 0.717) is 10.6 Å². The summed E-state index contributed by atoms with van der Waals surface area (Å²) in [4.78, 5) is 12.7. The largest absolute Gasteiger partial charge is 0.460 e. The lowest BCUT2D eigenvalue weighted by Crippen LogP contribution is -2.13. The van der Waals surface area contributed by atoms with E-state index in [1.165, 1.54) is 17.4 Å². The number of ether oxygens (including phenoxy) is 1. The smallest absolute Gasteiger partial charge is 0.348 e. The molecular formula is C9H13NO4S2. The van der Waals surface area contributed by atoms with Gasteiger partial charge in [-0.15, -0.1) is 11.3 Å². The molecule has 0 bridgehead atoms. The molecule has 5 nitrogen and oxygen atoms in total. The van der Waals surface area contributed by atoms with Crippen molar-refractivity contribution in [2.45, 2.75) is 6.92 Å². The molecule has 0 saturated heterocycles. The van der Waals surface area contributed by atoms with Gasteiger partial charge in [-0.2, -0.15) is 0 Å². The molecule has 0 saturated carbocycles. The van der Waals surface area contributed by atoms with Crippen LogP contribution in [0.25, 0.3) is 0 Å². The van der Waals surface area contributed by atoms with E-state index in [9.17, 15) is 13.2 Å². The number of hydrogen-bond donors (Lipinski definition) is 1. The fraction of sp³-hybridized carbons (Fsp3) is 0.444. The zero-order valence-electron chi connectivity index (χ0n) is 9.02. The number of aryl methyl sites for hydroxylation is 1. The molecule has 0 aliphatic carbocycles. The highest BCUT2D eigenvalue weighted by Gasteiger charge is 2.13. The highest BCUT2D eigenvalue weighted by molar-refractivity contribution is 7.90. The van der Waals surface area contributed by atoms with Crippen LogP contribution in [-0.2, 0) is 14.6 Å². The number of anilines is 1. The Kier molecular flexibility index (Phi) is 3.93. The van der Waals surface area contributed by atoms with Gasteiger partial charge in [0.25, 0.3) is 0 Å². The quantitative estimate of drug-likeness (QED) is 0.813. The molecule has 90 valence electrons. The molecule has 1 aromatic heterocycles. The van der Waals surface area contributed by atoms with Crippen LogP contribution in [-0.4, -0.2) is 33.0 Å². The number of hydrogen-bond acceptors (Lipinski definition) is 6. The normalized spacial score (nSPS) is 11.4. The fourth-order valence-electron chi connectivity index (χ4n) is 0.954. The van der Waals surface area contributed by atoms with E-state index in [1.54, 1.807) is 6.92 Å². The van der Waals surface area contributed by atoms with Gasteiger partial charge in [0, 0.05) is 16.8 Å². The second-order valence-electron chi connectivity index (χ2n) is 3.39. The number of nitrogens with two attached hydrogens (primary N) is 1. The van der Waals surface area contributed by atoms with E-state index in [2.05, 4.69) is 0 Å². The number of sulfone groups is 1. The molecule has 0 amide bonds. The summed E-state index contributed by atoms with van der Waals surface area (Å²) in [6.07, 6.45) is 1.09. The van der Waals surface area contributed by atoms with Gasteiger partial charge in [-0.1, -0.05) is 0 Å². The maximum Gasteiger partial charge on any atom is 0.348 e. The van der Waals surface area contributed by atoms with Crippen molar-refractivity contribution in [3.05, 3.63) is 15.8 Å². The number of thiophene rings is 1. The third-order valence-corrected chi connectivity index (χ3v) is 3.80. The Morgan fingerprint density at radius 3 is 2.62 bits per heavy atom. The van der Waals surface area contributed by atoms with Crippen LogP contribution in [0.2, 0.25) is 0 Å². The zero-order valence-corrected chi connectivity index (χ0v) is 10.7. The second kappa shape index (κ2) is 4.84. The van der Waals surface area contributed by atoms with E-state index >= 15 is 0 Å². The average molecular weight is 263 g/mol. The topological polar surface area (TPSA) is 86.5 Å². The van der Waals surface area contributed by atoms with Crippen molar-refractivity contribution >= 4 is 32.8 Å². The molecule has 0 aromatic carbocycles. The zero-order chi connectivity index (χ0) is 12.3. The Balaban J connectivity index is 2.54. The Morgan fingerprint density at radius 1 is 1.56 bits per heavy atom. The lowest BCUT2D eigenvalue weighted by Gasteiger charge is -2.01. The lowest BCUT2D eigenvalue weighted by molar-refractivity contribution is 0.0535. The molecule has 0 unspecified atom stereocenters. The first kappa shape index (κ1) is 13.0. The van der Waals surface area contributed by atoms with Crippen molar-refractivity contribution in [3.63, 3.8) is 0 Å². The summed E-state index contributed by atoms with van der Waals surface area (Å²) in [5.41, 5.74) is 6.12. The summed E-state index contributed by atoms with van der Waals surface area (Å²) in [6, 6.07) is 1.53. The molecule has 2 N–H and O–H groups in total. The predicted octanol–water partition coefficient (Wildman–Crippen LogP) is 0.840. The molecule has 0 atom stereocenters. The summed E-state index contributed by atoms with van der Waals surface area (Å²) < 4.78 is 26.4. The third-order valence-electron chi connectivity index (χ3n) is 1.84. The molecule has 0 fully saturated rings. The maximum absolute atomic E-state index is 11.4. The van der Waals surface area contributed by atoms with Gasteiger partial charge < -0.3 is 10.5 Å². The summed E-state index contributed by atoms with van der Waals surface area (Å²) >= 11 is 1.23. The van der Waals surface area contributed by atoms with Gasteiger partial charge in [-0.25, -0.2) is 13.2 Å². The van der Waals surface area contributed by atoms with Crippen LogP contribution in [0.5, 0.6) is 0 Å². The number of nitrogen functional groups attached to an aromatic ring is 1. The van der Waals surface area contributed by atoms with Crippen LogP contribution in [0, 0.1) is 6.92 Å². The van der Waals surface area contributed by atoms with Gasteiger partial charge in [0.15, 0.2) is 9.84 Å². The van der Waals surface area contributed by atoms with Crippen molar-refractivity contribution in [1.82, 2.24) is 0 Å². The van der Waals surface area contributed by atoms with E-state index in [0.717, 1.165) is 11.1 Å². The van der Waals surface area contributed by atoms with Crippen LogP contribution in [0.4, 0.5) is 5.69 Å². The number of rotatable bonds is 4. The Morgan fingerprint density at radius 2 is 2.19 bits per heavy atom. The first-order valence-electron chi connectivity index (χ1n) is 4.50. The van der Waals surface area contributed by atoms with Crippen molar-refractivity contribution in [2.75, 3.05) is 24.3 Å². The molecule has 0 aliphatic rings. The number of carbonyl (C=O) groups is 1. The van der Waals surface area contributed by atoms with Crippen molar-refractivity contribution in [1.29, 1.82) is 0 Å². The first-order chi connectivity index (χ1) is 7.29. The van der Waals surface area contributed by atoms with Crippen molar-refractivity contribution in [3.8, 4) is 0 Å². The van der Waals surface area contributed by atoms with Gasteiger partial charge in [0.05, 0.1) is 5.75 Å². The van der Waals surface area contributed by atoms with Gasteiger partial charge in [-0.3, -0.25) is 0 Å². The van der Waals surface area contributed by atoms with E-state index in [1.807, 2.05) is 0 Å². The molecule has 0 aliphatic heterocycles. The third kappa shape index (κ3) is 3.82. The standard InChI is InChI=1S/C9H13NO4S2/c1-6-7(10)5-8(15-6)9(11)14-3-4-16(2,12)13/h5H,3-4,10H2,1-2H3. The molecule has 0 spiro atoms. The molecule has 7 heteroatoms. The Labute approximate surface area is 98.1 Å². The van der Waals surface area contributed by atoms with Crippen LogP contribution in [0.3, 0.4) is 0 Å². The van der Waals surface area contributed by atoms with E-state index in [-0.39, 0.29) is 12.4 Å². The SMILES string of the molecule is Cc1sc(C(=O)OCCS(C)(=O)=O)cc1N. The molecule has 16 heavy (non-hydrogen) atoms. The van der Waals surface area contributed by atoms with Crippen LogP contribution >= 0.6 is 11.3 Å². The second-order valence-corrected chi connectivity index (χ2v) is 6.90. The molecule has 0 radical (unpaired) electrons. The van der Waals surface area contributed by atoms with Crippen LogP contribution in [0.1, 0.15) is 14.5 Å². The fourth-order valence-corrected chi connectivity index (χ4v) is 2.17. The van der Waals surface area contributed by atoms with E-state index in [4.69, 9.17) is 10.5 Å². The summed E-state index contributed by atoms with van der Waals surface area (Å²) in [5.74, 6) is -0.702. The van der Waals surface area contributed by atoms with Crippen LogP contribution < -0.4 is 5.73 Å². The molecule has 1 heterocycles. The summed E-state index contributed by atoms with van der Waals surface area (Å²) in [7, 11) is -3.10. The summed E-state index contributed by atoms with van der Waals surface area (Å²) in [5, 5.41) is 0.